The van der Waals surface area contributed by atoms with E-state index in [9.17, 15) is 4.39 Å². The fraction of sp³-hybridized carbons (Fsp3) is 0.333. The van der Waals surface area contributed by atoms with Gasteiger partial charge >= 0.3 is 0 Å². The summed E-state index contributed by atoms with van der Waals surface area (Å²) in [5, 5.41) is 0. The fourth-order valence-electron chi connectivity index (χ4n) is 2.54. The van der Waals surface area contributed by atoms with Crippen molar-refractivity contribution in [3.63, 3.8) is 0 Å². The number of hydrogen-bond acceptors (Lipinski definition) is 2. The zero-order valence-corrected chi connectivity index (χ0v) is 12.6. The van der Waals surface area contributed by atoms with Crippen LogP contribution in [-0.2, 0) is 12.8 Å². The second-order valence-corrected chi connectivity index (χ2v) is 5.43. The summed E-state index contributed by atoms with van der Waals surface area (Å²) < 4.78 is 18.6. The predicted molar refractivity (Wildman–Crippen MR) is 84.1 cm³/mol. The molecular formula is C18H22FNO. The number of hydrogen-bond donors (Lipinski definition) is 1. The predicted octanol–water partition coefficient (Wildman–Crippen LogP) is 3.50. The molecule has 0 aliphatic carbocycles. The SMILES string of the molecule is COc1cccc(CC(CN)Cc2cc(F)ccc2C)c1. The molecule has 0 aliphatic rings. The molecule has 0 bridgehead atoms. The molecule has 0 fully saturated rings. The summed E-state index contributed by atoms with van der Waals surface area (Å²) >= 11 is 0. The first kappa shape index (κ1) is 15.5. The zero-order chi connectivity index (χ0) is 15.2. The van der Waals surface area contributed by atoms with E-state index in [0.29, 0.717) is 6.54 Å². The number of rotatable bonds is 6. The van der Waals surface area contributed by atoms with Crippen LogP contribution in [0.2, 0.25) is 0 Å². The maximum absolute atomic E-state index is 13.4. The monoisotopic (exact) mass is 287 g/mol. The maximum atomic E-state index is 13.4. The molecule has 112 valence electrons. The van der Waals surface area contributed by atoms with Gasteiger partial charge in [-0.15, -0.1) is 0 Å². The van der Waals surface area contributed by atoms with Crippen LogP contribution in [0.15, 0.2) is 42.5 Å². The third kappa shape index (κ3) is 4.30. The highest BCUT2D eigenvalue weighted by molar-refractivity contribution is 5.30. The van der Waals surface area contributed by atoms with Gasteiger partial charge in [0.2, 0.25) is 0 Å². The van der Waals surface area contributed by atoms with Gasteiger partial charge in [-0.1, -0.05) is 18.2 Å². The summed E-state index contributed by atoms with van der Waals surface area (Å²) in [4.78, 5) is 0. The van der Waals surface area contributed by atoms with E-state index in [1.165, 1.54) is 11.6 Å². The number of ether oxygens (including phenoxy) is 1. The molecule has 1 unspecified atom stereocenters. The molecule has 2 N–H and O–H groups in total. The highest BCUT2D eigenvalue weighted by atomic mass is 19.1. The second-order valence-electron chi connectivity index (χ2n) is 5.43. The molecule has 2 rings (SSSR count). The molecule has 0 saturated carbocycles. The van der Waals surface area contributed by atoms with E-state index in [4.69, 9.17) is 10.5 Å². The van der Waals surface area contributed by atoms with Crippen LogP contribution in [-0.4, -0.2) is 13.7 Å². The van der Waals surface area contributed by atoms with Crippen molar-refractivity contribution in [3.05, 3.63) is 65.0 Å². The van der Waals surface area contributed by atoms with E-state index < -0.39 is 0 Å². The van der Waals surface area contributed by atoms with E-state index in [1.807, 2.05) is 31.2 Å². The summed E-state index contributed by atoms with van der Waals surface area (Å²) in [6.45, 7) is 2.58. The van der Waals surface area contributed by atoms with Crippen molar-refractivity contribution in [1.82, 2.24) is 0 Å². The van der Waals surface area contributed by atoms with Gasteiger partial charge in [0.25, 0.3) is 0 Å². The van der Waals surface area contributed by atoms with Gasteiger partial charge in [-0.25, -0.2) is 4.39 Å². The van der Waals surface area contributed by atoms with Crippen molar-refractivity contribution in [2.45, 2.75) is 19.8 Å². The van der Waals surface area contributed by atoms with Gasteiger partial charge in [-0.2, -0.15) is 0 Å². The van der Waals surface area contributed by atoms with Crippen LogP contribution < -0.4 is 10.5 Å². The average molecular weight is 287 g/mol. The lowest BCUT2D eigenvalue weighted by Gasteiger charge is -2.17. The topological polar surface area (TPSA) is 35.2 Å². The molecule has 0 radical (unpaired) electrons. The zero-order valence-electron chi connectivity index (χ0n) is 12.6. The smallest absolute Gasteiger partial charge is 0.123 e. The third-order valence-corrected chi connectivity index (χ3v) is 3.81. The van der Waals surface area contributed by atoms with E-state index in [1.54, 1.807) is 13.2 Å². The molecule has 2 aromatic carbocycles. The van der Waals surface area contributed by atoms with Crippen molar-refractivity contribution < 1.29 is 9.13 Å². The van der Waals surface area contributed by atoms with Crippen LogP contribution in [0, 0.1) is 18.7 Å². The summed E-state index contributed by atoms with van der Waals surface area (Å²) in [5.41, 5.74) is 9.24. The molecule has 2 nitrogen and oxygen atoms in total. The highest BCUT2D eigenvalue weighted by Gasteiger charge is 2.12. The Morgan fingerprint density at radius 2 is 1.95 bits per heavy atom. The van der Waals surface area contributed by atoms with Gasteiger partial charge in [0.05, 0.1) is 7.11 Å². The fourth-order valence-corrected chi connectivity index (χ4v) is 2.54. The summed E-state index contributed by atoms with van der Waals surface area (Å²) in [6, 6.07) is 12.9. The highest BCUT2D eigenvalue weighted by Crippen LogP contribution is 2.20. The lowest BCUT2D eigenvalue weighted by atomic mass is 9.91. The Labute approximate surface area is 125 Å². The maximum Gasteiger partial charge on any atom is 0.123 e. The first-order valence-electron chi connectivity index (χ1n) is 7.20. The van der Waals surface area contributed by atoms with Gasteiger partial charge in [0, 0.05) is 0 Å². The Morgan fingerprint density at radius 1 is 1.14 bits per heavy atom. The normalized spacial score (nSPS) is 12.2. The van der Waals surface area contributed by atoms with Crippen molar-refractivity contribution in [3.8, 4) is 5.75 Å². The molecule has 2 aromatic rings. The van der Waals surface area contributed by atoms with Gasteiger partial charge in [0.1, 0.15) is 11.6 Å². The lowest BCUT2D eigenvalue weighted by Crippen LogP contribution is -2.20. The molecule has 0 saturated heterocycles. The Morgan fingerprint density at radius 3 is 2.67 bits per heavy atom. The van der Waals surface area contributed by atoms with Gasteiger partial charge in [0.15, 0.2) is 0 Å². The van der Waals surface area contributed by atoms with Crippen molar-refractivity contribution >= 4 is 0 Å². The molecule has 21 heavy (non-hydrogen) atoms. The van der Waals surface area contributed by atoms with Crippen molar-refractivity contribution in [2.75, 3.05) is 13.7 Å². The molecule has 0 spiro atoms. The second kappa shape index (κ2) is 7.23. The Kier molecular flexibility index (Phi) is 5.34. The standard InChI is InChI=1S/C18H22FNO/c1-13-6-7-17(19)11-16(13)9-15(12-20)8-14-4-3-5-18(10-14)21-2/h3-7,10-11,15H,8-9,12,20H2,1-2H3. The largest absolute Gasteiger partial charge is 0.497 e. The van der Waals surface area contributed by atoms with Gasteiger partial charge in [-0.05, 0) is 73.2 Å². The summed E-state index contributed by atoms with van der Waals surface area (Å²) in [7, 11) is 1.66. The number of methoxy groups -OCH3 is 1. The quantitative estimate of drug-likeness (QED) is 0.882. The first-order valence-corrected chi connectivity index (χ1v) is 7.20. The minimum Gasteiger partial charge on any atom is -0.497 e. The van der Waals surface area contributed by atoms with Gasteiger partial charge in [-0.3, -0.25) is 0 Å². The first-order chi connectivity index (χ1) is 10.1. The van der Waals surface area contributed by atoms with Crippen molar-refractivity contribution in [1.29, 1.82) is 0 Å². The van der Waals surface area contributed by atoms with Crippen LogP contribution in [0.25, 0.3) is 0 Å². The van der Waals surface area contributed by atoms with E-state index in [0.717, 1.165) is 29.7 Å². The number of nitrogens with two attached hydrogens (primary N) is 1. The Balaban J connectivity index is 2.10. The van der Waals surface area contributed by atoms with Crippen LogP contribution in [0.4, 0.5) is 4.39 Å². The molecule has 0 heterocycles. The Bertz CT molecular complexity index is 598. The number of halogens is 1. The number of aryl methyl sites for hydroxylation is 1. The lowest BCUT2D eigenvalue weighted by molar-refractivity contribution is 0.413. The summed E-state index contributed by atoms with van der Waals surface area (Å²) in [6.07, 6.45) is 1.65. The minimum absolute atomic E-state index is 0.187. The van der Waals surface area contributed by atoms with Crippen LogP contribution in [0.3, 0.4) is 0 Å². The van der Waals surface area contributed by atoms with Crippen LogP contribution >= 0.6 is 0 Å². The molecule has 0 aromatic heterocycles. The Hall–Kier alpha value is -1.87. The van der Waals surface area contributed by atoms with E-state index >= 15 is 0 Å². The van der Waals surface area contributed by atoms with E-state index in [-0.39, 0.29) is 11.7 Å². The molecule has 0 aliphatic heterocycles. The molecule has 3 heteroatoms. The van der Waals surface area contributed by atoms with Gasteiger partial charge < -0.3 is 10.5 Å². The summed E-state index contributed by atoms with van der Waals surface area (Å²) in [5.74, 6) is 0.954. The molecule has 0 amide bonds. The average Bonchev–Trinajstić information content (AvgIpc) is 2.50. The molecule has 1 atom stereocenters. The van der Waals surface area contributed by atoms with Crippen molar-refractivity contribution in [2.24, 2.45) is 11.7 Å². The van der Waals surface area contributed by atoms with Crippen LogP contribution in [0.5, 0.6) is 5.75 Å². The molecular weight excluding hydrogens is 265 g/mol. The van der Waals surface area contributed by atoms with E-state index in [2.05, 4.69) is 6.07 Å². The third-order valence-electron chi connectivity index (χ3n) is 3.81. The van der Waals surface area contributed by atoms with Crippen LogP contribution in [0.1, 0.15) is 16.7 Å². The minimum atomic E-state index is -0.187. The number of benzene rings is 2.